The fraction of sp³-hybridized carbons (Fsp3) is 0.136. The molecule has 27 heavy (non-hydrogen) atoms. The smallest absolute Gasteiger partial charge is 0.339 e. The summed E-state index contributed by atoms with van der Waals surface area (Å²) in [5, 5.41) is 9.44. The average Bonchev–Trinajstić information content (AvgIpc) is 2.67. The van der Waals surface area contributed by atoms with Crippen LogP contribution in [0.25, 0.3) is 0 Å². The number of aromatic carboxylic acids is 1. The van der Waals surface area contributed by atoms with E-state index < -0.39 is 5.97 Å². The first-order chi connectivity index (χ1) is 12.6. The predicted octanol–water partition coefficient (Wildman–Crippen LogP) is 5.94. The third-order valence-electron chi connectivity index (χ3n) is 3.74. The van der Waals surface area contributed by atoms with Crippen molar-refractivity contribution in [2.45, 2.75) is 20.6 Å². The Balaban J connectivity index is 0.00000261. The van der Waals surface area contributed by atoms with Crippen LogP contribution < -0.4 is 9.47 Å². The van der Waals surface area contributed by atoms with Crippen LogP contribution >= 0.6 is 15.9 Å². The highest BCUT2D eigenvalue weighted by molar-refractivity contribution is 9.10. The van der Waals surface area contributed by atoms with Crippen molar-refractivity contribution in [2.75, 3.05) is 0 Å². The van der Waals surface area contributed by atoms with Gasteiger partial charge in [-0.05, 0) is 33.1 Å². The molecule has 0 heterocycles. The maximum Gasteiger partial charge on any atom is 0.339 e. The summed E-state index contributed by atoms with van der Waals surface area (Å²) in [6, 6.07) is 22.4. The maximum absolute atomic E-state index is 11.5. The fourth-order valence-electron chi connectivity index (χ4n) is 2.40. The zero-order chi connectivity index (χ0) is 18.4. The Morgan fingerprint density at radius 2 is 1.30 bits per heavy atom. The number of hydrogen-bond acceptors (Lipinski definition) is 3. The molecule has 0 aromatic heterocycles. The number of halogens is 1. The summed E-state index contributed by atoms with van der Waals surface area (Å²) in [4.78, 5) is 11.5. The molecule has 0 unspecified atom stereocenters. The highest BCUT2D eigenvalue weighted by Crippen LogP contribution is 2.34. The highest BCUT2D eigenvalue weighted by atomic mass is 79.9. The molecule has 0 radical (unpaired) electrons. The van der Waals surface area contributed by atoms with Gasteiger partial charge in [0.25, 0.3) is 0 Å². The molecule has 0 aliphatic heterocycles. The average molecular weight is 429 g/mol. The minimum Gasteiger partial charge on any atom is -0.488 e. The van der Waals surface area contributed by atoms with E-state index in [1.165, 1.54) is 6.07 Å². The van der Waals surface area contributed by atoms with E-state index in [1.807, 2.05) is 60.7 Å². The van der Waals surface area contributed by atoms with Gasteiger partial charge in [-0.2, -0.15) is 0 Å². The van der Waals surface area contributed by atoms with Gasteiger partial charge in [0.2, 0.25) is 0 Å². The molecule has 4 nitrogen and oxygen atoms in total. The van der Waals surface area contributed by atoms with Crippen molar-refractivity contribution in [3.63, 3.8) is 0 Å². The van der Waals surface area contributed by atoms with Crippen LogP contribution in [0.15, 0.2) is 77.3 Å². The van der Waals surface area contributed by atoms with Crippen molar-refractivity contribution in [3.05, 3.63) is 94.0 Å². The summed E-state index contributed by atoms with van der Waals surface area (Å²) < 4.78 is 12.1. The Bertz CT molecular complexity index is 880. The normalized spacial score (nSPS) is 9.96. The summed E-state index contributed by atoms with van der Waals surface area (Å²) in [6.45, 7) is 0.658. The summed E-state index contributed by atoms with van der Waals surface area (Å²) in [5.41, 5.74) is 2.06. The van der Waals surface area contributed by atoms with Crippen LogP contribution in [-0.2, 0) is 13.2 Å². The van der Waals surface area contributed by atoms with E-state index in [1.54, 1.807) is 6.07 Å². The van der Waals surface area contributed by atoms with Gasteiger partial charge in [0.1, 0.15) is 30.3 Å². The van der Waals surface area contributed by atoms with Gasteiger partial charge in [-0.15, -0.1) is 0 Å². The summed E-state index contributed by atoms with van der Waals surface area (Å²) >= 11 is 3.38. The lowest BCUT2D eigenvalue weighted by Crippen LogP contribution is -2.05. The van der Waals surface area contributed by atoms with Crippen molar-refractivity contribution < 1.29 is 19.4 Å². The van der Waals surface area contributed by atoms with Gasteiger partial charge < -0.3 is 14.6 Å². The van der Waals surface area contributed by atoms with E-state index in [9.17, 15) is 9.90 Å². The van der Waals surface area contributed by atoms with Crippen LogP contribution in [0, 0.1) is 0 Å². The van der Waals surface area contributed by atoms with E-state index in [0.717, 1.165) is 11.1 Å². The fourth-order valence-corrected chi connectivity index (χ4v) is 2.86. The number of carboxylic acids is 1. The van der Waals surface area contributed by atoms with Gasteiger partial charge in [0.05, 0.1) is 4.47 Å². The van der Waals surface area contributed by atoms with Gasteiger partial charge in [0.15, 0.2) is 0 Å². The van der Waals surface area contributed by atoms with E-state index >= 15 is 0 Å². The zero-order valence-corrected chi connectivity index (χ0v) is 15.5. The molecule has 3 aromatic carbocycles. The van der Waals surface area contributed by atoms with E-state index in [-0.39, 0.29) is 25.3 Å². The lowest BCUT2D eigenvalue weighted by atomic mass is 10.2. The third-order valence-corrected chi connectivity index (χ3v) is 4.36. The molecule has 0 saturated heterocycles. The van der Waals surface area contributed by atoms with Crippen molar-refractivity contribution in [3.8, 4) is 11.5 Å². The number of hydrogen-bond donors (Lipinski definition) is 1. The van der Waals surface area contributed by atoms with Gasteiger partial charge >= 0.3 is 5.97 Å². The summed E-state index contributed by atoms with van der Waals surface area (Å²) in [6.07, 6.45) is 0. The first kappa shape index (κ1) is 20.5. The Morgan fingerprint density at radius 1 is 0.815 bits per heavy atom. The molecular weight excluding hydrogens is 408 g/mol. The quantitative estimate of drug-likeness (QED) is 0.505. The Morgan fingerprint density at radius 3 is 1.78 bits per heavy atom. The Labute approximate surface area is 167 Å². The molecule has 0 amide bonds. The maximum atomic E-state index is 11.5. The van der Waals surface area contributed by atoms with Crippen LogP contribution in [0.4, 0.5) is 0 Å². The molecule has 0 fully saturated rings. The van der Waals surface area contributed by atoms with Crippen LogP contribution in [0.3, 0.4) is 0 Å². The summed E-state index contributed by atoms with van der Waals surface area (Å²) in [5.74, 6) is -0.252. The molecule has 0 bridgehead atoms. The lowest BCUT2D eigenvalue weighted by Gasteiger charge is -2.14. The van der Waals surface area contributed by atoms with Crippen molar-refractivity contribution >= 4 is 21.9 Å². The number of carbonyl (C=O) groups is 1. The van der Waals surface area contributed by atoms with E-state index in [0.29, 0.717) is 16.8 Å². The predicted molar refractivity (Wildman–Crippen MR) is 109 cm³/mol. The van der Waals surface area contributed by atoms with Crippen molar-refractivity contribution in [1.82, 2.24) is 0 Å². The van der Waals surface area contributed by atoms with Crippen LogP contribution in [0.5, 0.6) is 11.5 Å². The second-order valence-corrected chi connectivity index (χ2v) is 6.49. The zero-order valence-electron chi connectivity index (χ0n) is 13.9. The third kappa shape index (κ3) is 5.59. The molecule has 3 aromatic rings. The topological polar surface area (TPSA) is 55.8 Å². The SMILES string of the molecule is C.O=C(O)c1cc(Br)c(OCc2ccccc2)cc1OCc1ccccc1. The van der Waals surface area contributed by atoms with Gasteiger partial charge in [-0.1, -0.05) is 68.1 Å². The van der Waals surface area contributed by atoms with Crippen LogP contribution in [0.1, 0.15) is 28.9 Å². The molecule has 1 N–H and O–H groups in total. The van der Waals surface area contributed by atoms with Crippen molar-refractivity contribution in [2.24, 2.45) is 0 Å². The molecule has 0 atom stereocenters. The van der Waals surface area contributed by atoms with Crippen LogP contribution in [-0.4, -0.2) is 11.1 Å². The second kappa shape index (κ2) is 9.78. The first-order valence-electron chi connectivity index (χ1n) is 8.04. The Kier molecular flexibility index (Phi) is 7.44. The standard InChI is InChI=1S/C21H17BrO4.CH4/c22-18-11-17(21(23)24)19(25-13-15-7-3-1-4-8-15)12-20(18)26-14-16-9-5-2-6-10-16;/h1-12H,13-14H2,(H,23,24);1H4. The second-order valence-electron chi connectivity index (χ2n) is 5.63. The molecular formula is C22H21BrO4. The van der Waals surface area contributed by atoms with Gasteiger partial charge in [-0.3, -0.25) is 0 Å². The minimum absolute atomic E-state index is 0. The van der Waals surface area contributed by atoms with Gasteiger partial charge in [0, 0.05) is 6.07 Å². The molecule has 0 spiro atoms. The number of carboxylic acid groups (broad SMARTS) is 1. The molecule has 5 heteroatoms. The molecule has 140 valence electrons. The van der Waals surface area contributed by atoms with E-state index in [2.05, 4.69) is 15.9 Å². The molecule has 0 aliphatic rings. The summed E-state index contributed by atoms with van der Waals surface area (Å²) in [7, 11) is 0. The Hall–Kier alpha value is -2.79. The molecule has 0 aliphatic carbocycles. The monoisotopic (exact) mass is 428 g/mol. The number of rotatable bonds is 7. The number of benzene rings is 3. The molecule has 3 rings (SSSR count). The van der Waals surface area contributed by atoms with E-state index in [4.69, 9.17) is 9.47 Å². The largest absolute Gasteiger partial charge is 0.488 e. The lowest BCUT2D eigenvalue weighted by molar-refractivity contribution is 0.0691. The number of ether oxygens (including phenoxy) is 2. The first-order valence-corrected chi connectivity index (χ1v) is 8.83. The molecule has 0 saturated carbocycles. The van der Waals surface area contributed by atoms with Crippen molar-refractivity contribution in [1.29, 1.82) is 0 Å². The van der Waals surface area contributed by atoms with Crippen LogP contribution in [0.2, 0.25) is 0 Å². The highest BCUT2D eigenvalue weighted by Gasteiger charge is 2.16. The minimum atomic E-state index is -1.05. The van der Waals surface area contributed by atoms with Gasteiger partial charge in [-0.25, -0.2) is 4.79 Å².